The van der Waals surface area contributed by atoms with Gasteiger partial charge in [-0.2, -0.15) is 0 Å². The average molecular weight is 343 g/mol. The first-order valence-corrected chi connectivity index (χ1v) is 8.76. The number of rotatable bonds is 4. The molecule has 0 aliphatic heterocycles. The van der Waals surface area contributed by atoms with E-state index < -0.39 is 0 Å². The van der Waals surface area contributed by atoms with Crippen molar-refractivity contribution in [2.45, 2.75) is 39.7 Å². The Hall–Kier alpha value is -2.21. The Bertz CT molecular complexity index is 831. The lowest BCUT2D eigenvalue weighted by Gasteiger charge is -2.26. The molecule has 2 atom stereocenters. The van der Waals surface area contributed by atoms with Crippen LogP contribution in [-0.2, 0) is 4.79 Å². The molecule has 5 nitrogen and oxygen atoms in total. The number of aromatic nitrogens is 2. The van der Waals surface area contributed by atoms with Gasteiger partial charge in [0.05, 0.1) is 27.9 Å². The van der Waals surface area contributed by atoms with Gasteiger partial charge in [-0.25, -0.2) is 4.98 Å². The predicted molar refractivity (Wildman–Crippen MR) is 95.2 cm³/mol. The summed E-state index contributed by atoms with van der Waals surface area (Å²) in [5, 5.41) is 4.90. The number of nitrogens with zero attached hydrogens (tertiary/aromatic N) is 3. The fraction of sp³-hybridized carbons (Fsp3) is 0.389. The zero-order chi connectivity index (χ0) is 17.4. The summed E-state index contributed by atoms with van der Waals surface area (Å²) in [5.41, 5.74) is 2.63. The Morgan fingerprint density at radius 2 is 1.96 bits per heavy atom. The quantitative estimate of drug-likeness (QED) is 0.711. The topological polar surface area (TPSA) is 59.2 Å². The first-order valence-electron chi connectivity index (χ1n) is 7.95. The van der Waals surface area contributed by atoms with Gasteiger partial charge in [-0.1, -0.05) is 17.3 Å². The molecular weight excluding hydrogens is 322 g/mol. The highest BCUT2D eigenvalue weighted by atomic mass is 32.1. The molecule has 0 aliphatic rings. The number of amides is 1. The van der Waals surface area contributed by atoms with Gasteiger partial charge in [0.15, 0.2) is 0 Å². The van der Waals surface area contributed by atoms with Crippen molar-refractivity contribution in [3.05, 3.63) is 46.3 Å². The van der Waals surface area contributed by atoms with Crippen molar-refractivity contribution in [1.29, 1.82) is 0 Å². The van der Waals surface area contributed by atoms with Gasteiger partial charge in [0.25, 0.3) is 0 Å². The lowest BCUT2D eigenvalue weighted by molar-refractivity contribution is -0.133. The van der Waals surface area contributed by atoms with Crippen LogP contribution in [0.2, 0.25) is 0 Å². The predicted octanol–water partition coefficient (Wildman–Crippen LogP) is 4.22. The third-order valence-corrected chi connectivity index (χ3v) is 5.70. The van der Waals surface area contributed by atoms with Gasteiger partial charge < -0.3 is 9.42 Å². The van der Waals surface area contributed by atoms with Crippen LogP contribution in [0.3, 0.4) is 0 Å². The number of para-hydroxylation sites is 1. The Balaban J connectivity index is 1.84. The minimum absolute atomic E-state index is 0.0381. The van der Waals surface area contributed by atoms with E-state index in [1.54, 1.807) is 16.2 Å². The lowest BCUT2D eigenvalue weighted by Crippen LogP contribution is -2.33. The molecule has 3 aromatic rings. The van der Waals surface area contributed by atoms with Crippen molar-refractivity contribution < 1.29 is 9.32 Å². The van der Waals surface area contributed by atoms with Gasteiger partial charge in [0.1, 0.15) is 10.8 Å². The molecular formula is C18H21N3O2S. The second kappa shape index (κ2) is 6.36. The van der Waals surface area contributed by atoms with Gasteiger partial charge in [0, 0.05) is 12.6 Å². The van der Waals surface area contributed by atoms with Crippen molar-refractivity contribution in [3.63, 3.8) is 0 Å². The van der Waals surface area contributed by atoms with Crippen molar-refractivity contribution >= 4 is 27.5 Å². The molecule has 0 saturated carbocycles. The van der Waals surface area contributed by atoms with E-state index in [-0.39, 0.29) is 17.9 Å². The van der Waals surface area contributed by atoms with Gasteiger partial charge in [-0.15, -0.1) is 11.3 Å². The van der Waals surface area contributed by atoms with Crippen molar-refractivity contribution in [3.8, 4) is 0 Å². The summed E-state index contributed by atoms with van der Waals surface area (Å²) >= 11 is 1.63. The molecule has 24 heavy (non-hydrogen) atoms. The number of benzene rings is 1. The lowest BCUT2D eigenvalue weighted by atomic mass is 9.97. The minimum Gasteiger partial charge on any atom is -0.361 e. The molecule has 0 unspecified atom stereocenters. The molecule has 0 radical (unpaired) electrons. The normalized spacial score (nSPS) is 13.9. The van der Waals surface area contributed by atoms with E-state index in [1.807, 2.05) is 52.9 Å². The molecule has 1 amide bonds. The van der Waals surface area contributed by atoms with Crippen molar-refractivity contribution in [2.75, 3.05) is 7.05 Å². The van der Waals surface area contributed by atoms with Gasteiger partial charge >= 0.3 is 0 Å². The molecule has 0 spiro atoms. The van der Waals surface area contributed by atoms with Crippen LogP contribution in [0.15, 0.2) is 28.8 Å². The second-order valence-corrected chi connectivity index (χ2v) is 7.17. The second-order valence-electron chi connectivity index (χ2n) is 6.10. The van der Waals surface area contributed by atoms with Gasteiger partial charge in [-0.05, 0) is 39.8 Å². The van der Waals surface area contributed by atoms with E-state index in [0.29, 0.717) is 5.76 Å². The van der Waals surface area contributed by atoms with E-state index in [2.05, 4.69) is 16.2 Å². The number of hydrogen-bond acceptors (Lipinski definition) is 5. The number of carbonyl (C=O) groups is 1. The first kappa shape index (κ1) is 16.6. The van der Waals surface area contributed by atoms with Gasteiger partial charge in [0.2, 0.25) is 5.91 Å². The summed E-state index contributed by atoms with van der Waals surface area (Å²) in [6.07, 6.45) is 0. The number of aryl methyl sites for hydroxylation is 2. The van der Waals surface area contributed by atoms with Crippen LogP contribution >= 0.6 is 11.3 Å². The van der Waals surface area contributed by atoms with E-state index >= 15 is 0 Å². The SMILES string of the molecule is Cc1noc(C)c1[C@@H](C)C(=O)N(C)[C@H](C)c1nc2ccccc2s1. The molecule has 3 rings (SSSR count). The van der Waals surface area contributed by atoms with E-state index in [9.17, 15) is 4.79 Å². The van der Waals surface area contributed by atoms with Crippen LogP contribution in [0, 0.1) is 13.8 Å². The molecule has 1 aromatic carbocycles. The zero-order valence-corrected chi connectivity index (χ0v) is 15.3. The Morgan fingerprint density at radius 1 is 1.25 bits per heavy atom. The summed E-state index contributed by atoms with van der Waals surface area (Å²) in [7, 11) is 1.83. The van der Waals surface area contributed by atoms with E-state index in [1.165, 1.54) is 0 Å². The summed E-state index contributed by atoms with van der Waals surface area (Å²) in [4.78, 5) is 19.3. The van der Waals surface area contributed by atoms with Crippen LogP contribution in [0.5, 0.6) is 0 Å². The fourth-order valence-corrected chi connectivity index (χ4v) is 4.03. The average Bonchev–Trinajstić information content (AvgIpc) is 3.15. The summed E-state index contributed by atoms with van der Waals surface area (Å²) in [6, 6.07) is 7.94. The fourth-order valence-electron chi connectivity index (χ4n) is 2.96. The Morgan fingerprint density at radius 3 is 2.58 bits per heavy atom. The monoisotopic (exact) mass is 343 g/mol. The van der Waals surface area contributed by atoms with Crippen molar-refractivity contribution in [2.24, 2.45) is 0 Å². The minimum atomic E-state index is -0.293. The van der Waals surface area contributed by atoms with Crippen LogP contribution in [0.1, 0.15) is 47.8 Å². The largest absolute Gasteiger partial charge is 0.361 e. The van der Waals surface area contributed by atoms with Crippen LogP contribution in [0.25, 0.3) is 10.2 Å². The maximum atomic E-state index is 12.9. The number of thiazole rings is 1. The van der Waals surface area contributed by atoms with E-state index in [0.717, 1.165) is 26.5 Å². The number of hydrogen-bond donors (Lipinski definition) is 0. The third kappa shape index (κ3) is 2.82. The van der Waals surface area contributed by atoms with Crippen LogP contribution < -0.4 is 0 Å². The van der Waals surface area contributed by atoms with Crippen LogP contribution in [-0.4, -0.2) is 28.0 Å². The molecule has 0 bridgehead atoms. The molecule has 2 aromatic heterocycles. The Kier molecular flexibility index (Phi) is 4.41. The highest BCUT2D eigenvalue weighted by Gasteiger charge is 2.29. The summed E-state index contributed by atoms with van der Waals surface area (Å²) in [6.45, 7) is 7.62. The number of carbonyl (C=O) groups excluding carboxylic acids is 1. The highest BCUT2D eigenvalue weighted by Crippen LogP contribution is 2.31. The molecule has 6 heteroatoms. The molecule has 0 fully saturated rings. The highest BCUT2D eigenvalue weighted by molar-refractivity contribution is 7.18. The maximum Gasteiger partial charge on any atom is 0.230 e. The summed E-state index contributed by atoms with van der Waals surface area (Å²) in [5.74, 6) is 0.448. The third-order valence-electron chi connectivity index (χ3n) is 4.49. The maximum absolute atomic E-state index is 12.9. The van der Waals surface area contributed by atoms with E-state index in [4.69, 9.17) is 4.52 Å². The zero-order valence-electron chi connectivity index (χ0n) is 14.5. The molecule has 2 heterocycles. The molecule has 0 saturated heterocycles. The van der Waals surface area contributed by atoms with Crippen molar-refractivity contribution in [1.82, 2.24) is 15.0 Å². The van der Waals surface area contributed by atoms with Gasteiger partial charge in [-0.3, -0.25) is 4.79 Å². The molecule has 0 aliphatic carbocycles. The number of fused-ring (bicyclic) bond motifs is 1. The Labute approximate surface area is 145 Å². The van der Waals surface area contributed by atoms with Crippen LogP contribution in [0.4, 0.5) is 0 Å². The summed E-state index contributed by atoms with van der Waals surface area (Å²) < 4.78 is 6.34. The number of likely N-dealkylation sites (N-methyl/N-ethyl adjacent to an activating group) is 1. The first-order chi connectivity index (χ1) is 11.4. The smallest absolute Gasteiger partial charge is 0.230 e. The standard InChI is InChI=1S/C18H21N3O2S/c1-10(16-11(2)20-23-13(16)4)18(22)21(5)12(3)17-19-14-8-6-7-9-15(14)24-17/h6-10,12H,1-5H3/t10-,12-/m1/s1. The molecule has 126 valence electrons. The molecule has 0 N–H and O–H groups in total.